The van der Waals surface area contributed by atoms with Crippen molar-refractivity contribution in [3.63, 3.8) is 0 Å². The molecule has 26 heavy (non-hydrogen) atoms. The highest BCUT2D eigenvalue weighted by atomic mass is 32.1. The van der Waals surface area contributed by atoms with Crippen LogP contribution < -0.4 is 10.6 Å². The van der Waals surface area contributed by atoms with Crippen molar-refractivity contribution in [3.05, 3.63) is 46.1 Å². The maximum atomic E-state index is 12.4. The van der Waals surface area contributed by atoms with E-state index in [4.69, 9.17) is 4.74 Å². The number of amides is 1. The summed E-state index contributed by atoms with van der Waals surface area (Å²) in [6.07, 6.45) is 7.49. The van der Waals surface area contributed by atoms with Crippen LogP contribution in [0.1, 0.15) is 46.1 Å². The van der Waals surface area contributed by atoms with Crippen LogP contribution in [0, 0.1) is 0 Å². The lowest BCUT2D eigenvalue weighted by atomic mass is 9.95. The maximum absolute atomic E-state index is 12.4. The molecular formula is C19H23N3O3S. The molecule has 0 aromatic carbocycles. The standard InChI is InChI=1S/C19H23N3O3S/c1-2-25-19(24)17-14-7-3-4-8-15(14)26-18(17)22-16(23)12-21-11-13-6-5-9-20-10-13/h5-6,9-10,21H,2-4,7-8,11-12H2,1H3,(H,22,23). The van der Waals surface area contributed by atoms with E-state index < -0.39 is 0 Å². The molecule has 0 unspecified atom stereocenters. The molecule has 2 aromatic heterocycles. The number of hydrogen-bond acceptors (Lipinski definition) is 6. The molecule has 0 fully saturated rings. The molecule has 0 atom stereocenters. The van der Waals surface area contributed by atoms with E-state index in [1.807, 2.05) is 12.1 Å². The molecule has 0 aliphatic heterocycles. The fraction of sp³-hybridized carbons (Fsp3) is 0.421. The van der Waals surface area contributed by atoms with Crippen LogP contribution >= 0.6 is 11.3 Å². The summed E-state index contributed by atoms with van der Waals surface area (Å²) in [7, 11) is 0. The van der Waals surface area contributed by atoms with Crippen molar-refractivity contribution in [2.24, 2.45) is 0 Å². The summed E-state index contributed by atoms with van der Waals surface area (Å²) in [5, 5.41) is 6.60. The minimum atomic E-state index is -0.342. The van der Waals surface area contributed by atoms with E-state index in [0.717, 1.165) is 36.8 Å². The highest BCUT2D eigenvalue weighted by molar-refractivity contribution is 7.17. The molecule has 2 aromatic rings. The third-order valence-corrected chi connectivity index (χ3v) is 5.45. The van der Waals surface area contributed by atoms with Crippen LogP contribution in [0.15, 0.2) is 24.5 Å². The number of pyridine rings is 1. The summed E-state index contributed by atoms with van der Waals surface area (Å²) < 4.78 is 5.21. The fourth-order valence-corrected chi connectivity index (χ4v) is 4.36. The number of ether oxygens (including phenoxy) is 1. The average Bonchev–Trinajstić information content (AvgIpc) is 3.00. The van der Waals surface area contributed by atoms with Gasteiger partial charge >= 0.3 is 5.97 Å². The van der Waals surface area contributed by atoms with E-state index in [0.29, 0.717) is 23.7 Å². The van der Waals surface area contributed by atoms with Crippen LogP contribution in [0.25, 0.3) is 0 Å². The topological polar surface area (TPSA) is 80.3 Å². The Kier molecular flexibility index (Phi) is 6.35. The number of anilines is 1. The van der Waals surface area contributed by atoms with Gasteiger partial charge in [-0.15, -0.1) is 11.3 Å². The molecule has 0 saturated heterocycles. The van der Waals surface area contributed by atoms with Crippen molar-refractivity contribution < 1.29 is 14.3 Å². The predicted molar refractivity (Wildman–Crippen MR) is 101 cm³/mol. The van der Waals surface area contributed by atoms with Gasteiger partial charge in [0.05, 0.1) is 18.7 Å². The summed E-state index contributed by atoms with van der Waals surface area (Å²) in [5.74, 6) is -0.511. The van der Waals surface area contributed by atoms with Gasteiger partial charge in [0, 0.05) is 23.8 Å². The van der Waals surface area contributed by atoms with Crippen molar-refractivity contribution >= 4 is 28.2 Å². The molecule has 7 heteroatoms. The molecule has 1 aliphatic carbocycles. The molecule has 1 aliphatic rings. The summed E-state index contributed by atoms with van der Waals surface area (Å²) in [6, 6.07) is 3.81. The van der Waals surface area contributed by atoms with Gasteiger partial charge in [-0.2, -0.15) is 0 Å². The van der Waals surface area contributed by atoms with Gasteiger partial charge in [0.25, 0.3) is 0 Å². The van der Waals surface area contributed by atoms with Crippen molar-refractivity contribution in [1.29, 1.82) is 0 Å². The van der Waals surface area contributed by atoms with E-state index in [2.05, 4.69) is 15.6 Å². The van der Waals surface area contributed by atoms with Gasteiger partial charge in [-0.1, -0.05) is 6.07 Å². The SMILES string of the molecule is CCOC(=O)c1c(NC(=O)CNCc2cccnc2)sc2c1CCCC2. The van der Waals surface area contributed by atoms with E-state index in [1.165, 1.54) is 16.2 Å². The van der Waals surface area contributed by atoms with Gasteiger partial charge in [0.15, 0.2) is 0 Å². The number of carbonyl (C=O) groups is 2. The number of fused-ring (bicyclic) bond motifs is 1. The highest BCUT2D eigenvalue weighted by Crippen LogP contribution is 2.38. The number of aromatic nitrogens is 1. The molecule has 0 radical (unpaired) electrons. The van der Waals surface area contributed by atoms with Gasteiger partial charge in [0.2, 0.25) is 5.91 Å². The van der Waals surface area contributed by atoms with Crippen molar-refractivity contribution in [1.82, 2.24) is 10.3 Å². The van der Waals surface area contributed by atoms with Crippen LogP contribution in [0.4, 0.5) is 5.00 Å². The number of hydrogen-bond donors (Lipinski definition) is 2. The third kappa shape index (κ3) is 4.47. The normalized spacial score (nSPS) is 13.1. The first-order chi connectivity index (χ1) is 12.7. The Morgan fingerprint density at radius 1 is 1.31 bits per heavy atom. The van der Waals surface area contributed by atoms with E-state index in [1.54, 1.807) is 19.3 Å². The molecule has 2 N–H and O–H groups in total. The number of aryl methyl sites for hydroxylation is 1. The van der Waals surface area contributed by atoms with Gasteiger partial charge < -0.3 is 15.4 Å². The second-order valence-corrected chi connectivity index (χ2v) is 7.25. The van der Waals surface area contributed by atoms with Gasteiger partial charge in [0.1, 0.15) is 5.00 Å². The molecule has 3 rings (SSSR count). The first-order valence-electron chi connectivity index (χ1n) is 8.90. The lowest BCUT2D eigenvalue weighted by Crippen LogP contribution is -2.28. The third-order valence-electron chi connectivity index (χ3n) is 4.24. The molecule has 138 valence electrons. The summed E-state index contributed by atoms with van der Waals surface area (Å²) in [4.78, 5) is 29.9. The molecule has 0 bridgehead atoms. The number of nitrogens with one attached hydrogen (secondary N) is 2. The smallest absolute Gasteiger partial charge is 0.341 e. The average molecular weight is 373 g/mol. The second kappa shape index (κ2) is 8.91. The Bertz CT molecular complexity index is 774. The van der Waals surface area contributed by atoms with Crippen molar-refractivity contribution in [2.45, 2.75) is 39.2 Å². The van der Waals surface area contributed by atoms with Crippen molar-refractivity contribution in [2.75, 3.05) is 18.5 Å². The zero-order valence-corrected chi connectivity index (χ0v) is 15.7. The Labute approximate surface area is 157 Å². The fourth-order valence-electron chi connectivity index (χ4n) is 3.07. The number of rotatable bonds is 7. The van der Waals surface area contributed by atoms with Gasteiger partial charge in [-0.3, -0.25) is 9.78 Å². The second-order valence-electron chi connectivity index (χ2n) is 6.15. The van der Waals surface area contributed by atoms with Gasteiger partial charge in [-0.25, -0.2) is 4.79 Å². The Morgan fingerprint density at radius 2 is 2.15 bits per heavy atom. The first kappa shape index (κ1) is 18.5. The maximum Gasteiger partial charge on any atom is 0.341 e. The molecule has 1 amide bonds. The molecular weight excluding hydrogens is 350 g/mol. The molecule has 0 spiro atoms. The van der Waals surface area contributed by atoms with E-state index in [-0.39, 0.29) is 18.4 Å². The van der Waals surface area contributed by atoms with Crippen LogP contribution in [0.5, 0.6) is 0 Å². The van der Waals surface area contributed by atoms with Crippen LogP contribution in [-0.2, 0) is 28.9 Å². The Balaban J connectivity index is 1.65. The number of thiophene rings is 1. The minimum absolute atomic E-state index is 0.166. The number of nitrogens with zero attached hydrogens (tertiary/aromatic N) is 1. The van der Waals surface area contributed by atoms with Crippen LogP contribution in [0.3, 0.4) is 0 Å². The number of carbonyl (C=O) groups excluding carboxylic acids is 2. The first-order valence-corrected chi connectivity index (χ1v) is 9.71. The van der Waals surface area contributed by atoms with E-state index >= 15 is 0 Å². The van der Waals surface area contributed by atoms with Crippen molar-refractivity contribution in [3.8, 4) is 0 Å². The molecule has 0 saturated carbocycles. The largest absolute Gasteiger partial charge is 0.462 e. The molecule has 2 heterocycles. The van der Waals surface area contributed by atoms with Crippen LogP contribution in [0.2, 0.25) is 0 Å². The quantitative estimate of drug-likeness (QED) is 0.730. The highest BCUT2D eigenvalue weighted by Gasteiger charge is 2.27. The summed E-state index contributed by atoms with van der Waals surface area (Å²) >= 11 is 1.50. The van der Waals surface area contributed by atoms with Gasteiger partial charge in [-0.05, 0) is 49.8 Å². The zero-order valence-electron chi connectivity index (χ0n) is 14.8. The van der Waals surface area contributed by atoms with Crippen LogP contribution in [-0.4, -0.2) is 30.0 Å². The summed E-state index contributed by atoms with van der Waals surface area (Å²) in [6.45, 7) is 2.84. The van der Waals surface area contributed by atoms with E-state index in [9.17, 15) is 9.59 Å². The monoisotopic (exact) mass is 373 g/mol. The predicted octanol–water partition coefficient (Wildman–Crippen LogP) is 2.93. The lowest BCUT2D eigenvalue weighted by molar-refractivity contribution is -0.115. The lowest BCUT2D eigenvalue weighted by Gasteiger charge is -2.12. The minimum Gasteiger partial charge on any atom is -0.462 e. The Hall–Kier alpha value is -2.25. The zero-order chi connectivity index (χ0) is 18.4. The number of esters is 1. The molecule has 6 nitrogen and oxygen atoms in total. The summed E-state index contributed by atoms with van der Waals surface area (Å²) in [5.41, 5.74) is 2.62. The Morgan fingerprint density at radius 3 is 2.92 bits per heavy atom.